The molecule has 7 nitrogen and oxygen atoms in total. The summed E-state index contributed by atoms with van der Waals surface area (Å²) in [5, 5.41) is 1.92. The van der Waals surface area contributed by atoms with E-state index in [0.717, 1.165) is 0 Å². The van der Waals surface area contributed by atoms with E-state index in [1.807, 2.05) is 5.32 Å². The van der Waals surface area contributed by atoms with E-state index in [2.05, 4.69) is 0 Å². The summed E-state index contributed by atoms with van der Waals surface area (Å²) in [7, 11) is 0. The molecule has 1 rings (SSSR count). The summed E-state index contributed by atoms with van der Waals surface area (Å²) in [6.07, 6.45) is 0. The minimum atomic E-state index is -1.25. The van der Waals surface area contributed by atoms with E-state index >= 15 is 0 Å². The van der Waals surface area contributed by atoms with Crippen molar-refractivity contribution in [3.8, 4) is 0 Å². The third-order valence-corrected chi connectivity index (χ3v) is 2.83. The molecule has 0 aromatic rings. The Morgan fingerprint density at radius 1 is 1.06 bits per heavy atom. The number of nitrogens with two attached hydrogens (primary N) is 2. The number of imide groups is 1. The van der Waals surface area contributed by atoms with Gasteiger partial charge in [-0.05, 0) is 0 Å². The van der Waals surface area contributed by atoms with Crippen molar-refractivity contribution in [2.75, 3.05) is 0 Å². The first kappa shape index (κ1) is 12.2. The molecule has 0 unspecified atom stereocenters. The number of carbonyl (C=O) groups excluding carboxylic acids is 4. The number of hydrogen-bond donors (Lipinski definition) is 3. The Hall–Kier alpha value is -1.92. The lowest BCUT2D eigenvalue weighted by Crippen LogP contribution is -2.62. The fourth-order valence-corrected chi connectivity index (χ4v) is 2.10. The summed E-state index contributed by atoms with van der Waals surface area (Å²) < 4.78 is 0. The molecule has 0 bridgehead atoms. The molecule has 0 aliphatic carbocycles. The Morgan fingerprint density at radius 2 is 1.38 bits per heavy atom. The predicted octanol–water partition coefficient (Wildman–Crippen LogP) is -2.13. The third kappa shape index (κ3) is 1.64. The van der Waals surface area contributed by atoms with Crippen molar-refractivity contribution < 1.29 is 19.2 Å². The Balaban J connectivity index is 3.25. The van der Waals surface area contributed by atoms with Crippen LogP contribution in [0.25, 0.3) is 0 Å². The van der Waals surface area contributed by atoms with Crippen molar-refractivity contribution in [1.82, 2.24) is 5.32 Å². The molecule has 1 aliphatic heterocycles. The van der Waals surface area contributed by atoms with Gasteiger partial charge < -0.3 is 11.5 Å². The molecule has 4 amide bonds. The number of rotatable bonds is 2. The Bertz CT molecular complexity index is 354. The zero-order chi connectivity index (χ0) is 12.7. The first-order valence-corrected chi connectivity index (χ1v) is 4.63. The number of piperidine rings is 1. The Morgan fingerprint density at radius 3 is 1.62 bits per heavy atom. The van der Waals surface area contributed by atoms with Crippen molar-refractivity contribution in [3.05, 3.63) is 0 Å². The lowest BCUT2D eigenvalue weighted by atomic mass is 9.65. The molecule has 2 atom stereocenters. The summed E-state index contributed by atoms with van der Waals surface area (Å²) in [5.74, 6) is -5.85. The quantitative estimate of drug-likeness (QED) is 0.367. The molecular formula is C9H13N3O4. The third-order valence-electron chi connectivity index (χ3n) is 2.83. The minimum Gasteiger partial charge on any atom is -0.369 e. The van der Waals surface area contributed by atoms with Crippen LogP contribution in [0.2, 0.25) is 0 Å². The number of carbonyl (C=O) groups is 4. The molecule has 1 fully saturated rings. The number of primary amides is 2. The largest absolute Gasteiger partial charge is 0.369 e. The lowest BCUT2D eigenvalue weighted by Gasteiger charge is -2.39. The summed E-state index contributed by atoms with van der Waals surface area (Å²) in [6, 6.07) is 0. The minimum absolute atomic E-state index is 0.792. The van der Waals surface area contributed by atoms with Gasteiger partial charge in [0.05, 0.1) is 0 Å². The van der Waals surface area contributed by atoms with Gasteiger partial charge in [-0.25, -0.2) is 0 Å². The van der Waals surface area contributed by atoms with Gasteiger partial charge >= 0.3 is 0 Å². The molecule has 1 aliphatic rings. The van der Waals surface area contributed by atoms with Gasteiger partial charge in [-0.2, -0.15) is 0 Å². The van der Waals surface area contributed by atoms with E-state index in [9.17, 15) is 19.2 Å². The molecule has 0 aromatic carbocycles. The Labute approximate surface area is 91.5 Å². The number of hydrogen-bond acceptors (Lipinski definition) is 4. The van der Waals surface area contributed by atoms with Gasteiger partial charge in [0.25, 0.3) is 0 Å². The fraction of sp³-hybridized carbons (Fsp3) is 0.556. The number of nitrogens with one attached hydrogen (secondary N) is 1. The first-order valence-electron chi connectivity index (χ1n) is 4.63. The van der Waals surface area contributed by atoms with Crippen LogP contribution < -0.4 is 16.8 Å². The van der Waals surface area contributed by atoms with Crippen LogP contribution in [0, 0.1) is 17.3 Å². The SMILES string of the molecule is CC1(C)[C@@H](C(N)=O)C(=O)NC(=O)[C@@H]1C(N)=O. The van der Waals surface area contributed by atoms with Crippen molar-refractivity contribution in [2.45, 2.75) is 13.8 Å². The zero-order valence-electron chi connectivity index (χ0n) is 8.94. The highest BCUT2D eigenvalue weighted by atomic mass is 16.2. The molecule has 1 heterocycles. The van der Waals surface area contributed by atoms with Crippen molar-refractivity contribution in [3.63, 3.8) is 0 Å². The van der Waals surface area contributed by atoms with E-state index in [1.54, 1.807) is 0 Å². The maximum atomic E-state index is 11.4. The van der Waals surface area contributed by atoms with Gasteiger partial charge in [-0.15, -0.1) is 0 Å². The molecule has 0 spiro atoms. The van der Waals surface area contributed by atoms with Crippen LogP contribution in [-0.2, 0) is 19.2 Å². The van der Waals surface area contributed by atoms with E-state index in [1.165, 1.54) is 13.8 Å². The van der Waals surface area contributed by atoms with Crippen LogP contribution in [0.15, 0.2) is 0 Å². The van der Waals surface area contributed by atoms with Crippen LogP contribution in [0.3, 0.4) is 0 Å². The molecule has 1 saturated heterocycles. The highest BCUT2D eigenvalue weighted by Crippen LogP contribution is 2.38. The molecule has 5 N–H and O–H groups in total. The first-order chi connectivity index (χ1) is 7.19. The molecule has 16 heavy (non-hydrogen) atoms. The van der Waals surface area contributed by atoms with Gasteiger partial charge in [-0.3, -0.25) is 24.5 Å². The fourth-order valence-electron chi connectivity index (χ4n) is 2.10. The Kier molecular flexibility index (Phi) is 2.72. The summed E-state index contributed by atoms with van der Waals surface area (Å²) in [5.41, 5.74) is 8.94. The lowest BCUT2D eigenvalue weighted by molar-refractivity contribution is -0.155. The van der Waals surface area contributed by atoms with E-state index in [0.29, 0.717) is 0 Å². The zero-order valence-corrected chi connectivity index (χ0v) is 8.94. The second-order valence-electron chi connectivity index (χ2n) is 4.35. The van der Waals surface area contributed by atoms with Gasteiger partial charge in [0.15, 0.2) is 0 Å². The van der Waals surface area contributed by atoms with Crippen LogP contribution in [0.1, 0.15) is 13.8 Å². The van der Waals surface area contributed by atoms with E-state index in [-0.39, 0.29) is 0 Å². The number of amides is 4. The standard InChI is InChI=1S/C9H13N3O4/c1-9(2)3(5(10)13)7(15)12-8(16)4(9)6(11)14/h3-4H,1-2H3,(H2,10,13)(H2,11,14)(H,12,15,16)/t3-,4-/m0/s1. The molecular weight excluding hydrogens is 214 g/mol. The van der Waals surface area contributed by atoms with Crippen LogP contribution >= 0.6 is 0 Å². The topological polar surface area (TPSA) is 132 Å². The monoisotopic (exact) mass is 227 g/mol. The maximum Gasteiger partial charge on any atom is 0.239 e. The van der Waals surface area contributed by atoms with Gasteiger partial charge in [0, 0.05) is 5.41 Å². The summed E-state index contributed by atoms with van der Waals surface area (Å²) in [6.45, 7) is 2.88. The molecule has 0 saturated carbocycles. The second-order valence-corrected chi connectivity index (χ2v) is 4.35. The smallest absolute Gasteiger partial charge is 0.239 e. The van der Waals surface area contributed by atoms with Gasteiger partial charge in [-0.1, -0.05) is 13.8 Å². The molecule has 7 heteroatoms. The van der Waals surface area contributed by atoms with Crippen LogP contribution in [0.4, 0.5) is 0 Å². The van der Waals surface area contributed by atoms with Gasteiger partial charge in [0.1, 0.15) is 11.8 Å². The summed E-state index contributed by atoms with van der Waals surface area (Å²) in [4.78, 5) is 45.2. The van der Waals surface area contributed by atoms with Crippen molar-refractivity contribution >= 4 is 23.6 Å². The van der Waals surface area contributed by atoms with Crippen molar-refractivity contribution in [2.24, 2.45) is 28.7 Å². The maximum absolute atomic E-state index is 11.4. The van der Waals surface area contributed by atoms with E-state index in [4.69, 9.17) is 11.5 Å². The molecule has 0 aromatic heterocycles. The predicted molar refractivity (Wildman–Crippen MR) is 52.3 cm³/mol. The van der Waals surface area contributed by atoms with E-state index < -0.39 is 40.9 Å². The average Bonchev–Trinajstić information content (AvgIpc) is 1.97. The summed E-state index contributed by atoms with van der Waals surface area (Å²) >= 11 is 0. The highest BCUT2D eigenvalue weighted by molar-refractivity contribution is 6.15. The normalized spacial score (nSPS) is 28.4. The van der Waals surface area contributed by atoms with Crippen molar-refractivity contribution in [1.29, 1.82) is 0 Å². The van der Waals surface area contributed by atoms with Crippen LogP contribution in [0.5, 0.6) is 0 Å². The van der Waals surface area contributed by atoms with Crippen LogP contribution in [-0.4, -0.2) is 23.6 Å². The molecule has 88 valence electrons. The van der Waals surface area contributed by atoms with Gasteiger partial charge in [0.2, 0.25) is 23.6 Å². The average molecular weight is 227 g/mol. The second kappa shape index (κ2) is 3.58. The molecule has 0 radical (unpaired) electrons. The highest BCUT2D eigenvalue weighted by Gasteiger charge is 2.54.